The Balaban J connectivity index is 1.67. The Morgan fingerprint density at radius 3 is 2.79 bits per heavy atom. The van der Waals surface area contributed by atoms with Gasteiger partial charge in [0.05, 0.1) is 0 Å². The van der Waals surface area contributed by atoms with Crippen LogP contribution in [0.3, 0.4) is 0 Å². The lowest BCUT2D eigenvalue weighted by atomic mass is 10.1. The Bertz CT molecular complexity index is 284. The first-order chi connectivity index (χ1) is 6.84. The van der Waals surface area contributed by atoms with Gasteiger partial charge in [-0.2, -0.15) is 11.8 Å². The Morgan fingerprint density at radius 2 is 2.14 bits per heavy atom. The lowest BCUT2D eigenvalue weighted by molar-refractivity contribution is 0.623. The van der Waals surface area contributed by atoms with Crippen LogP contribution < -0.4 is 0 Å². The molecular weight excluding hydrogens is 236 g/mol. The fourth-order valence-corrected chi connectivity index (χ4v) is 3.95. The average Bonchev–Trinajstić information content (AvgIpc) is 2.77. The van der Waals surface area contributed by atoms with Crippen LogP contribution in [0.2, 0.25) is 4.47 Å². The van der Waals surface area contributed by atoms with E-state index in [0.717, 1.165) is 16.7 Å². The first kappa shape index (κ1) is 10.7. The summed E-state index contributed by atoms with van der Waals surface area (Å²) in [6.45, 7) is 0. The summed E-state index contributed by atoms with van der Waals surface area (Å²) in [6.07, 6.45) is 5.69. The van der Waals surface area contributed by atoms with E-state index in [1.54, 1.807) is 0 Å². The second-order valence-corrected chi connectivity index (χ2v) is 6.29. The summed E-state index contributed by atoms with van der Waals surface area (Å²) in [7, 11) is 0. The molecular formula is C9H13ClN2S2. The highest BCUT2D eigenvalue weighted by molar-refractivity contribution is 7.98. The molecule has 2 rings (SSSR count). The molecule has 0 N–H and O–H groups in total. The van der Waals surface area contributed by atoms with Gasteiger partial charge in [0.2, 0.25) is 4.47 Å². The molecule has 1 aliphatic carbocycles. The minimum Gasteiger partial charge on any atom is -0.154 e. The van der Waals surface area contributed by atoms with Gasteiger partial charge in [0.25, 0.3) is 0 Å². The molecule has 0 bridgehead atoms. The van der Waals surface area contributed by atoms with Gasteiger partial charge >= 0.3 is 0 Å². The maximum Gasteiger partial charge on any atom is 0.207 e. The summed E-state index contributed by atoms with van der Waals surface area (Å²) in [5.74, 6) is 3.20. The second-order valence-electron chi connectivity index (χ2n) is 3.61. The van der Waals surface area contributed by atoms with Crippen LogP contribution in [-0.2, 0) is 5.75 Å². The quantitative estimate of drug-likeness (QED) is 0.814. The Morgan fingerprint density at radius 1 is 1.36 bits per heavy atom. The third-order valence-electron chi connectivity index (χ3n) is 2.50. The summed E-state index contributed by atoms with van der Waals surface area (Å²) in [5, 5.41) is 8.84. The molecule has 0 amide bonds. The standard InChI is InChI=1S/C9H13ClN2S2/c10-9-12-11-8(14-9)6-13-5-7-3-1-2-4-7/h7H,1-6H2. The molecule has 1 heterocycles. The van der Waals surface area contributed by atoms with Crippen LogP contribution in [0.4, 0.5) is 0 Å². The molecule has 0 radical (unpaired) electrons. The number of aromatic nitrogens is 2. The summed E-state index contributed by atoms with van der Waals surface area (Å²) in [5.41, 5.74) is 0. The lowest BCUT2D eigenvalue weighted by Gasteiger charge is -2.06. The van der Waals surface area contributed by atoms with Crippen molar-refractivity contribution in [3.63, 3.8) is 0 Å². The fourth-order valence-electron chi connectivity index (χ4n) is 1.78. The predicted octanol–water partition coefficient (Wildman–Crippen LogP) is 3.61. The largest absolute Gasteiger partial charge is 0.207 e. The highest BCUT2D eigenvalue weighted by Gasteiger charge is 2.14. The third-order valence-corrected chi connectivity index (χ3v) is 4.88. The second kappa shape index (κ2) is 5.33. The number of nitrogens with zero attached hydrogens (tertiary/aromatic N) is 2. The lowest BCUT2D eigenvalue weighted by Crippen LogP contribution is -1.96. The molecule has 0 atom stereocenters. The Kier molecular flexibility index (Phi) is 4.08. The summed E-state index contributed by atoms with van der Waals surface area (Å²) in [6, 6.07) is 0. The molecule has 1 saturated carbocycles. The normalized spacial score (nSPS) is 17.8. The van der Waals surface area contributed by atoms with Crippen LogP contribution in [0.1, 0.15) is 30.7 Å². The molecule has 5 heteroatoms. The molecule has 1 fully saturated rings. The number of rotatable bonds is 4. The van der Waals surface area contributed by atoms with Crippen molar-refractivity contribution in [2.24, 2.45) is 5.92 Å². The smallest absolute Gasteiger partial charge is 0.154 e. The van der Waals surface area contributed by atoms with E-state index in [2.05, 4.69) is 10.2 Å². The first-order valence-corrected chi connectivity index (χ1v) is 7.25. The highest BCUT2D eigenvalue weighted by Crippen LogP contribution is 2.29. The van der Waals surface area contributed by atoms with Crippen LogP contribution >= 0.6 is 34.7 Å². The molecule has 14 heavy (non-hydrogen) atoms. The van der Waals surface area contributed by atoms with Gasteiger partial charge in [0.1, 0.15) is 5.01 Å². The zero-order chi connectivity index (χ0) is 9.80. The van der Waals surface area contributed by atoms with Crippen molar-refractivity contribution in [2.45, 2.75) is 31.4 Å². The fraction of sp³-hybridized carbons (Fsp3) is 0.778. The molecule has 2 nitrogen and oxygen atoms in total. The van der Waals surface area contributed by atoms with Crippen molar-refractivity contribution in [3.05, 3.63) is 9.47 Å². The zero-order valence-electron chi connectivity index (χ0n) is 7.91. The van der Waals surface area contributed by atoms with Crippen molar-refractivity contribution in [1.29, 1.82) is 0 Å². The van der Waals surface area contributed by atoms with Gasteiger partial charge in [0.15, 0.2) is 0 Å². The van der Waals surface area contributed by atoms with E-state index in [4.69, 9.17) is 11.6 Å². The zero-order valence-corrected chi connectivity index (χ0v) is 10.3. The molecule has 1 aromatic heterocycles. The average molecular weight is 249 g/mol. The van der Waals surface area contributed by atoms with Crippen molar-refractivity contribution >= 4 is 34.7 Å². The third kappa shape index (κ3) is 3.11. The molecule has 0 unspecified atom stereocenters. The van der Waals surface area contributed by atoms with E-state index in [1.807, 2.05) is 11.8 Å². The molecule has 0 spiro atoms. The van der Waals surface area contributed by atoms with Gasteiger partial charge in [-0.05, 0) is 36.1 Å². The van der Waals surface area contributed by atoms with Crippen LogP contribution in [-0.4, -0.2) is 16.0 Å². The number of halogens is 1. The first-order valence-electron chi connectivity index (χ1n) is 4.90. The molecule has 0 aromatic carbocycles. The van der Waals surface area contributed by atoms with Crippen LogP contribution in [0.25, 0.3) is 0 Å². The molecule has 1 aliphatic rings. The van der Waals surface area contributed by atoms with Crippen LogP contribution in [0, 0.1) is 5.92 Å². The monoisotopic (exact) mass is 248 g/mol. The van der Waals surface area contributed by atoms with E-state index in [-0.39, 0.29) is 0 Å². The van der Waals surface area contributed by atoms with E-state index in [0.29, 0.717) is 4.47 Å². The van der Waals surface area contributed by atoms with Crippen LogP contribution in [0.15, 0.2) is 0 Å². The Labute approximate surface area is 97.5 Å². The molecule has 0 aliphatic heterocycles. The summed E-state index contributed by atoms with van der Waals surface area (Å²) in [4.78, 5) is 0. The maximum atomic E-state index is 5.70. The van der Waals surface area contributed by atoms with Gasteiger partial charge in [-0.3, -0.25) is 0 Å². The molecule has 0 saturated heterocycles. The molecule has 78 valence electrons. The van der Waals surface area contributed by atoms with Crippen molar-refractivity contribution in [3.8, 4) is 0 Å². The summed E-state index contributed by atoms with van der Waals surface area (Å²) >= 11 is 9.16. The topological polar surface area (TPSA) is 25.8 Å². The summed E-state index contributed by atoms with van der Waals surface area (Å²) < 4.78 is 0.557. The molecule has 1 aromatic rings. The van der Waals surface area contributed by atoms with Crippen molar-refractivity contribution in [2.75, 3.05) is 5.75 Å². The predicted molar refractivity (Wildman–Crippen MR) is 63.0 cm³/mol. The van der Waals surface area contributed by atoms with E-state index in [1.165, 1.54) is 42.8 Å². The van der Waals surface area contributed by atoms with Gasteiger partial charge in [-0.15, -0.1) is 10.2 Å². The maximum absolute atomic E-state index is 5.70. The Hall–Kier alpha value is 0.200. The minimum atomic E-state index is 0.557. The van der Waals surface area contributed by atoms with E-state index < -0.39 is 0 Å². The highest BCUT2D eigenvalue weighted by atomic mass is 35.5. The van der Waals surface area contributed by atoms with Crippen molar-refractivity contribution in [1.82, 2.24) is 10.2 Å². The van der Waals surface area contributed by atoms with Crippen LogP contribution in [0.5, 0.6) is 0 Å². The van der Waals surface area contributed by atoms with Gasteiger partial charge in [-0.25, -0.2) is 0 Å². The number of hydrogen-bond donors (Lipinski definition) is 0. The minimum absolute atomic E-state index is 0.557. The van der Waals surface area contributed by atoms with E-state index in [9.17, 15) is 0 Å². The van der Waals surface area contributed by atoms with Gasteiger partial charge in [-0.1, -0.05) is 24.2 Å². The van der Waals surface area contributed by atoms with E-state index >= 15 is 0 Å². The van der Waals surface area contributed by atoms with Gasteiger partial charge in [0, 0.05) is 5.75 Å². The van der Waals surface area contributed by atoms with Gasteiger partial charge < -0.3 is 0 Å². The number of hydrogen-bond acceptors (Lipinski definition) is 4. The van der Waals surface area contributed by atoms with Crippen molar-refractivity contribution < 1.29 is 0 Å². The number of thioether (sulfide) groups is 1. The SMILES string of the molecule is Clc1nnc(CSCC2CCCC2)s1.